The molecular weight excluding hydrogens is 231 g/mol. The van der Waals surface area contributed by atoms with Gasteiger partial charge in [0.25, 0.3) is 0 Å². The summed E-state index contributed by atoms with van der Waals surface area (Å²) in [6.07, 6.45) is 0.0454. The van der Waals surface area contributed by atoms with E-state index in [-0.39, 0.29) is 13.0 Å². The van der Waals surface area contributed by atoms with E-state index in [1.165, 1.54) is 7.05 Å². The summed E-state index contributed by atoms with van der Waals surface area (Å²) in [6.45, 7) is -0.334. The second-order valence-corrected chi connectivity index (χ2v) is 3.35. The molecule has 1 aromatic carbocycles. The predicted molar refractivity (Wildman–Crippen MR) is 58.5 cm³/mol. The quantitative estimate of drug-likeness (QED) is 0.601. The summed E-state index contributed by atoms with van der Waals surface area (Å²) in [5.41, 5.74) is 0.277. The van der Waals surface area contributed by atoms with Gasteiger partial charge in [-0.05, 0) is 17.7 Å². The van der Waals surface area contributed by atoms with Crippen molar-refractivity contribution in [2.45, 2.75) is 6.42 Å². The summed E-state index contributed by atoms with van der Waals surface area (Å²) in [5.74, 6) is -2.26. The third-order valence-corrected chi connectivity index (χ3v) is 2.26. The topological polar surface area (TPSA) is 92.5 Å². The number of hydrogen-bond donors (Lipinski definition) is 2. The van der Waals surface area contributed by atoms with Crippen LogP contribution in [-0.2, 0) is 6.42 Å². The maximum Gasteiger partial charge on any atom is 0.338 e. The van der Waals surface area contributed by atoms with Gasteiger partial charge in [0.2, 0.25) is 6.54 Å². The first-order chi connectivity index (χ1) is 7.95. The lowest BCUT2D eigenvalue weighted by molar-refractivity contribution is -0.479. The normalized spacial score (nSPS) is 10.0. The lowest BCUT2D eigenvalue weighted by atomic mass is 10.0. The molecule has 0 atom stereocenters. The summed E-state index contributed by atoms with van der Waals surface area (Å²) in [4.78, 5) is 20.5. The number of rotatable bonds is 5. The van der Waals surface area contributed by atoms with Crippen LogP contribution in [0.5, 0.6) is 0 Å². The SMILES string of the molecule is CNc1cc(F)c(C(=O)O)cc1CC[N+](=O)[O-]. The summed E-state index contributed by atoms with van der Waals surface area (Å²) < 4.78 is 13.3. The molecule has 0 fully saturated rings. The molecule has 0 aliphatic heterocycles. The van der Waals surface area contributed by atoms with Crippen LogP contribution in [0.1, 0.15) is 15.9 Å². The van der Waals surface area contributed by atoms with E-state index in [0.29, 0.717) is 11.3 Å². The molecule has 0 saturated carbocycles. The van der Waals surface area contributed by atoms with Gasteiger partial charge in [-0.3, -0.25) is 10.1 Å². The molecule has 7 heteroatoms. The van der Waals surface area contributed by atoms with Crippen molar-refractivity contribution in [2.24, 2.45) is 0 Å². The smallest absolute Gasteiger partial charge is 0.338 e. The fourth-order valence-electron chi connectivity index (χ4n) is 1.43. The van der Waals surface area contributed by atoms with Crippen molar-refractivity contribution in [2.75, 3.05) is 18.9 Å². The first-order valence-electron chi connectivity index (χ1n) is 4.81. The Balaban J connectivity index is 3.12. The highest BCUT2D eigenvalue weighted by molar-refractivity contribution is 5.89. The average molecular weight is 242 g/mol. The number of carbonyl (C=O) groups is 1. The fourth-order valence-corrected chi connectivity index (χ4v) is 1.43. The van der Waals surface area contributed by atoms with Crippen molar-refractivity contribution in [3.8, 4) is 0 Å². The van der Waals surface area contributed by atoms with Crippen LogP contribution in [0.2, 0.25) is 0 Å². The highest BCUT2D eigenvalue weighted by Gasteiger charge is 2.15. The van der Waals surface area contributed by atoms with Gasteiger partial charge in [-0.1, -0.05) is 0 Å². The minimum absolute atomic E-state index is 0.0454. The molecule has 92 valence electrons. The first kappa shape index (κ1) is 12.9. The number of hydrogen-bond acceptors (Lipinski definition) is 4. The molecule has 0 radical (unpaired) electrons. The van der Waals surface area contributed by atoms with Crippen molar-refractivity contribution in [1.29, 1.82) is 0 Å². The van der Waals surface area contributed by atoms with Gasteiger partial charge in [-0.15, -0.1) is 0 Å². The molecular formula is C10H11FN2O4. The molecule has 0 amide bonds. The van der Waals surface area contributed by atoms with Gasteiger partial charge in [0.1, 0.15) is 5.82 Å². The van der Waals surface area contributed by atoms with Crippen molar-refractivity contribution in [1.82, 2.24) is 0 Å². The van der Waals surface area contributed by atoms with Crippen LogP contribution in [0.15, 0.2) is 12.1 Å². The lowest BCUT2D eigenvalue weighted by Gasteiger charge is -2.09. The number of nitrogens with zero attached hydrogens (tertiary/aromatic N) is 1. The first-order valence-corrected chi connectivity index (χ1v) is 4.81. The standard InChI is InChI=1S/C10H11FN2O4/c1-12-9-5-8(11)7(10(14)15)4-6(9)2-3-13(16)17/h4-5,12H,2-3H2,1H3,(H,14,15). The number of carboxylic acid groups (broad SMARTS) is 1. The number of halogens is 1. The molecule has 0 unspecified atom stereocenters. The van der Waals surface area contributed by atoms with Crippen molar-refractivity contribution in [3.05, 3.63) is 39.2 Å². The highest BCUT2D eigenvalue weighted by Crippen LogP contribution is 2.21. The van der Waals surface area contributed by atoms with Crippen molar-refractivity contribution < 1.29 is 19.2 Å². The van der Waals surface area contributed by atoms with Crippen LogP contribution in [0.4, 0.5) is 10.1 Å². The highest BCUT2D eigenvalue weighted by atomic mass is 19.1. The molecule has 0 bridgehead atoms. The predicted octanol–water partition coefficient (Wildman–Crippen LogP) is 1.38. The third-order valence-electron chi connectivity index (χ3n) is 2.26. The molecule has 0 aliphatic carbocycles. The van der Waals surface area contributed by atoms with Gasteiger partial charge in [0, 0.05) is 24.1 Å². The molecule has 0 heterocycles. The Labute approximate surface area is 96.2 Å². The zero-order valence-corrected chi connectivity index (χ0v) is 9.07. The van der Waals surface area contributed by atoms with E-state index < -0.39 is 22.3 Å². The minimum Gasteiger partial charge on any atom is -0.478 e. The van der Waals surface area contributed by atoms with Gasteiger partial charge < -0.3 is 10.4 Å². The minimum atomic E-state index is -1.40. The van der Waals surface area contributed by atoms with Gasteiger partial charge in [-0.25, -0.2) is 9.18 Å². The second-order valence-electron chi connectivity index (χ2n) is 3.35. The van der Waals surface area contributed by atoms with E-state index in [1.807, 2.05) is 0 Å². The summed E-state index contributed by atoms with van der Waals surface area (Å²) in [6, 6.07) is 2.14. The largest absolute Gasteiger partial charge is 0.478 e. The van der Waals surface area contributed by atoms with Crippen molar-refractivity contribution in [3.63, 3.8) is 0 Å². The summed E-state index contributed by atoms with van der Waals surface area (Å²) in [7, 11) is 1.53. The third kappa shape index (κ3) is 3.13. The maximum absolute atomic E-state index is 13.3. The number of anilines is 1. The molecule has 0 aromatic heterocycles. The van der Waals surface area contributed by atoms with Crippen LogP contribution in [0.3, 0.4) is 0 Å². The number of benzene rings is 1. The zero-order chi connectivity index (χ0) is 13.0. The van der Waals surface area contributed by atoms with E-state index >= 15 is 0 Å². The molecule has 0 saturated heterocycles. The molecule has 1 rings (SSSR count). The Kier molecular flexibility index (Phi) is 3.97. The van der Waals surface area contributed by atoms with E-state index in [2.05, 4.69) is 5.32 Å². The Hall–Kier alpha value is -2.18. The second kappa shape index (κ2) is 5.24. The Morgan fingerprint density at radius 2 is 2.24 bits per heavy atom. The van der Waals surface area contributed by atoms with E-state index in [9.17, 15) is 19.3 Å². The van der Waals surface area contributed by atoms with E-state index in [1.54, 1.807) is 0 Å². The monoisotopic (exact) mass is 242 g/mol. The molecule has 2 N–H and O–H groups in total. The van der Waals surface area contributed by atoms with Crippen LogP contribution < -0.4 is 5.32 Å². The van der Waals surface area contributed by atoms with E-state index in [0.717, 1.165) is 12.1 Å². The molecule has 1 aromatic rings. The van der Waals surface area contributed by atoms with Crippen LogP contribution in [-0.4, -0.2) is 29.6 Å². The van der Waals surface area contributed by atoms with Gasteiger partial charge in [0.15, 0.2) is 0 Å². The lowest BCUT2D eigenvalue weighted by Crippen LogP contribution is -2.09. The Morgan fingerprint density at radius 3 is 2.71 bits per heavy atom. The molecule has 17 heavy (non-hydrogen) atoms. The zero-order valence-electron chi connectivity index (χ0n) is 9.07. The summed E-state index contributed by atoms with van der Waals surface area (Å²) >= 11 is 0. The molecule has 6 nitrogen and oxygen atoms in total. The summed E-state index contributed by atoms with van der Waals surface area (Å²) in [5, 5.41) is 21.7. The number of nitrogens with one attached hydrogen (secondary N) is 1. The van der Waals surface area contributed by atoms with E-state index in [4.69, 9.17) is 5.11 Å². The maximum atomic E-state index is 13.3. The molecule has 0 spiro atoms. The Morgan fingerprint density at radius 1 is 1.59 bits per heavy atom. The van der Waals surface area contributed by atoms with Crippen LogP contribution in [0.25, 0.3) is 0 Å². The molecule has 0 aliphatic rings. The number of aromatic carboxylic acids is 1. The fraction of sp³-hybridized carbons (Fsp3) is 0.300. The number of nitro groups is 1. The van der Waals surface area contributed by atoms with Gasteiger partial charge in [-0.2, -0.15) is 0 Å². The number of carboxylic acids is 1. The van der Waals surface area contributed by atoms with Crippen LogP contribution in [0, 0.1) is 15.9 Å². The van der Waals surface area contributed by atoms with Gasteiger partial charge >= 0.3 is 5.97 Å². The van der Waals surface area contributed by atoms with Crippen molar-refractivity contribution >= 4 is 11.7 Å². The Bertz CT molecular complexity index is 462. The average Bonchev–Trinajstić information content (AvgIpc) is 2.26. The van der Waals surface area contributed by atoms with Gasteiger partial charge in [0.05, 0.1) is 5.56 Å². The van der Waals surface area contributed by atoms with Crippen LogP contribution >= 0.6 is 0 Å².